The van der Waals surface area contributed by atoms with Gasteiger partial charge in [-0.1, -0.05) is 16.8 Å². The molecule has 8 heteroatoms. The Morgan fingerprint density at radius 3 is 3.05 bits per heavy atom. The largest absolute Gasteiger partial charge is 0.339 e. The topological polar surface area (TPSA) is 96.7 Å². The van der Waals surface area contributed by atoms with Gasteiger partial charge in [-0.25, -0.2) is 0 Å². The van der Waals surface area contributed by atoms with Gasteiger partial charge < -0.3 is 9.84 Å². The molecular formula is C11H12ClN5O2. The average molecular weight is 282 g/mol. The zero-order chi connectivity index (χ0) is 13.4. The zero-order valence-corrected chi connectivity index (χ0v) is 10.9. The number of hydrogen-bond acceptors (Lipinski definition) is 5. The number of carbonyl (C=O) groups is 1. The molecule has 2 aromatic heterocycles. The van der Waals surface area contributed by atoms with E-state index in [0.717, 1.165) is 18.7 Å². The van der Waals surface area contributed by atoms with Crippen molar-refractivity contribution in [2.45, 2.75) is 31.7 Å². The van der Waals surface area contributed by atoms with Crippen LogP contribution in [0.2, 0.25) is 5.02 Å². The standard InChI is InChI=1S/C11H12ClN5O2/c1-5(11-15-9(17-19-11)6-2-3-6)14-10(18)8-7(12)4-13-16-8/h4-6H,2-3H2,1H3,(H,13,16)(H,14,18)/t5-/m0/s1. The van der Waals surface area contributed by atoms with E-state index in [4.69, 9.17) is 16.1 Å². The first-order valence-electron chi connectivity index (χ1n) is 5.98. The minimum Gasteiger partial charge on any atom is -0.339 e. The van der Waals surface area contributed by atoms with Crippen LogP contribution < -0.4 is 5.32 Å². The molecule has 1 fully saturated rings. The highest BCUT2D eigenvalue weighted by Gasteiger charge is 2.30. The SMILES string of the molecule is C[C@H](NC(=O)c1[nH]ncc1Cl)c1nc(C2CC2)no1. The first kappa shape index (κ1) is 12.2. The lowest BCUT2D eigenvalue weighted by Crippen LogP contribution is -2.27. The van der Waals surface area contributed by atoms with Crippen molar-refractivity contribution in [3.63, 3.8) is 0 Å². The number of aromatic amines is 1. The Morgan fingerprint density at radius 1 is 1.63 bits per heavy atom. The molecule has 1 amide bonds. The Balaban J connectivity index is 1.68. The molecular weight excluding hydrogens is 270 g/mol. The van der Waals surface area contributed by atoms with Gasteiger partial charge >= 0.3 is 0 Å². The van der Waals surface area contributed by atoms with Gasteiger partial charge in [0.05, 0.1) is 11.2 Å². The van der Waals surface area contributed by atoms with Gasteiger partial charge in [0, 0.05) is 5.92 Å². The van der Waals surface area contributed by atoms with Crippen molar-refractivity contribution in [3.05, 3.63) is 28.6 Å². The van der Waals surface area contributed by atoms with Crippen molar-refractivity contribution < 1.29 is 9.32 Å². The van der Waals surface area contributed by atoms with E-state index in [0.29, 0.717) is 11.8 Å². The Labute approximate surface area is 113 Å². The molecule has 0 bridgehead atoms. The first-order valence-corrected chi connectivity index (χ1v) is 6.36. The summed E-state index contributed by atoms with van der Waals surface area (Å²) in [6.45, 7) is 1.77. The second-order valence-electron chi connectivity index (χ2n) is 4.55. The lowest BCUT2D eigenvalue weighted by Gasteiger charge is -2.08. The van der Waals surface area contributed by atoms with Crippen LogP contribution in [0.5, 0.6) is 0 Å². The van der Waals surface area contributed by atoms with Crippen molar-refractivity contribution in [2.24, 2.45) is 0 Å². The summed E-state index contributed by atoms with van der Waals surface area (Å²) in [5.74, 6) is 1.17. The number of carbonyl (C=O) groups excluding carboxylic acids is 1. The van der Waals surface area contributed by atoms with Gasteiger partial charge in [0.2, 0.25) is 5.89 Å². The molecule has 0 aromatic carbocycles. The second-order valence-corrected chi connectivity index (χ2v) is 4.96. The van der Waals surface area contributed by atoms with E-state index >= 15 is 0 Å². The smallest absolute Gasteiger partial charge is 0.271 e. The maximum absolute atomic E-state index is 11.9. The molecule has 2 aromatic rings. The summed E-state index contributed by atoms with van der Waals surface area (Å²) in [5.41, 5.74) is 0.218. The van der Waals surface area contributed by atoms with E-state index in [1.807, 2.05) is 0 Å². The third-order valence-electron chi connectivity index (χ3n) is 2.94. The monoisotopic (exact) mass is 281 g/mol. The van der Waals surface area contributed by atoms with Crippen LogP contribution in [-0.2, 0) is 0 Å². The maximum Gasteiger partial charge on any atom is 0.271 e. The maximum atomic E-state index is 11.9. The highest BCUT2D eigenvalue weighted by Crippen LogP contribution is 2.38. The van der Waals surface area contributed by atoms with E-state index in [1.165, 1.54) is 6.20 Å². The minimum atomic E-state index is -0.383. The van der Waals surface area contributed by atoms with Gasteiger partial charge in [0.1, 0.15) is 11.7 Å². The number of rotatable bonds is 4. The molecule has 100 valence electrons. The molecule has 0 unspecified atom stereocenters. The molecule has 0 spiro atoms. The Morgan fingerprint density at radius 2 is 2.42 bits per heavy atom. The molecule has 2 heterocycles. The summed E-state index contributed by atoms with van der Waals surface area (Å²) in [4.78, 5) is 16.2. The molecule has 0 saturated heterocycles. The lowest BCUT2D eigenvalue weighted by molar-refractivity contribution is 0.0927. The predicted molar refractivity (Wildman–Crippen MR) is 65.8 cm³/mol. The van der Waals surface area contributed by atoms with Gasteiger partial charge in [-0.3, -0.25) is 9.89 Å². The van der Waals surface area contributed by atoms with Crippen molar-refractivity contribution in [2.75, 3.05) is 0 Å². The molecule has 3 rings (SSSR count). The van der Waals surface area contributed by atoms with Crippen LogP contribution >= 0.6 is 11.6 Å². The van der Waals surface area contributed by atoms with E-state index in [9.17, 15) is 4.79 Å². The number of nitrogens with one attached hydrogen (secondary N) is 2. The number of nitrogens with zero attached hydrogens (tertiary/aromatic N) is 3. The summed E-state index contributed by atoms with van der Waals surface area (Å²) in [6, 6.07) is -0.383. The van der Waals surface area contributed by atoms with Crippen LogP contribution in [0, 0.1) is 0 Å². The predicted octanol–water partition coefficient (Wildman–Crippen LogP) is 1.81. The lowest BCUT2D eigenvalue weighted by atomic mass is 10.3. The molecule has 7 nitrogen and oxygen atoms in total. The first-order chi connectivity index (χ1) is 9.15. The highest BCUT2D eigenvalue weighted by atomic mass is 35.5. The quantitative estimate of drug-likeness (QED) is 0.891. The third-order valence-corrected chi connectivity index (χ3v) is 3.22. The van der Waals surface area contributed by atoms with Gasteiger partial charge in [0.15, 0.2) is 5.82 Å². The molecule has 0 aliphatic heterocycles. The second kappa shape index (κ2) is 4.65. The molecule has 1 atom stereocenters. The van der Waals surface area contributed by atoms with Crippen LogP contribution in [0.4, 0.5) is 0 Å². The average Bonchev–Trinajstić information content (AvgIpc) is 2.95. The third kappa shape index (κ3) is 2.46. The Kier molecular flexibility index (Phi) is 2.98. The van der Waals surface area contributed by atoms with Crippen LogP contribution in [0.3, 0.4) is 0 Å². The molecule has 19 heavy (non-hydrogen) atoms. The van der Waals surface area contributed by atoms with Crippen molar-refractivity contribution in [1.82, 2.24) is 25.7 Å². The highest BCUT2D eigenvalue weighted by molar-refractivity contribution is 6.33. The van der Waals surface area contributed by atoms with Crippen molar-refractivity contribution >= 4 is 17.5 Å². The zero-order valence-electron chi connectivity index (χ0n) is 10.2. The molecule has 1 aliphatic rings. The van der Waals surface area contributed by atoms with Gasteiger partial charge in [-0.2, -0.15) is 10.1 Å². The van der Waals surface area contributed by atoms with Gasteiger partial charge in [0.25, 0.3) is 5.91 Å². The Hall–Kier alpha value is -1.89. The number of hydrogen-bond donors (Lipinski definition) is 2. The summed E-state index contributed by atoms with van der Waals surface area (Å²) in [7, 11) is 0. The van der Waals surface area contributed by atoms with Gasteiger partial charge in [-0.15, -0.1) is 0 Å². The fourth-order valence-electron chi connectivity index (χ4n) is 1.69. The van der Waals surface area contributed by atoms with E-state index < -0.39 is 0 Å². The minimum absolute atomic E-state index is 0.218. The Bertz CT molecular complexity index is 604. The molecule has 1 saturated carbocycles. The van der Waals surface area contributed by atoms with Crippen molar-refractivity contribution in [3.8, 4) is 0 Å². The fourth-order valence-corrected chi connectivity index (χ4v) is 1.87. The number of amides is 1. The molecule has 2 N–H and O–H groups in total. The van der Waals surface area contributed by atoms with Crippen molar-refractivity contribution in [1.29, 1.82) is 0 Å². The summed E-state index contributed by atoms with van der Waals surface area (Å²) in [5, 5.41) is 13.1. The summed E-state index contributed by atoms with van der Waals surface area (Å²) >= 11 is 5.81. The van der Waals surface area contributed by atoms with Crippen LogP contribution in [0.15, 0.2) is 10.7 Å². The normalized spacial score (nSPS) is 16.3. The summed E-state index contributed by atoms with van der Waals surface area (Å²) in [6.07, 6.45) is 3.58. The number of halogens is 1. The van der Waals surface area contributed by atoms with E-state index in [-0.39, 0.29) is 22.7 Å². The number of H-pyrrole nitrogens is 1. The fraction of sp³-hybridized carbons (Fsp3) is 0.455. The van der Waals surface area contributed by atoms with E-state index in [1.54, 1.807) is 6.92 Å². The van der Waals surface area contributed by atoms with Crippen LogP contribution in [-0.4, -0.2) is 26.2 Å². The molecule has 1 aliphatic carbocycles. The summed E-state index contributed by atoms with van der Waals surface area (Å²) < 4.78 is 5.14. The number of aromatic nitrogens is 4. The van der Waals surface area contributed by atoms with Gasteiger partial charge in [-0.05, 0) is 19.8 Å². The molecule has 0 radical (unpaired) electrons. The van der Waals surface area contributed by atoms with Crippen LogP contribution in [0.25, 0.3) is 0 Å². The van der Waals surface area contributed by atoms with E-state index in [2.05, 4.69) is 25.7 Å². The van der Waals surface area contributed by atoms with Crippen LogP contribution in [0.1, 0.15) is 53.9 Å².